The third-order valence-electron chi connectivity index (χ3n) is 2.85. The molecule has 5 heteroatoms. The van der Waals surface area contributed by atoms with Gasteiger partial charge in [-0.2, -0.15) is 0 Å². The fourth-order valence-electron chi connectivity index (χ4n) is 1.73. The van der Waals surface area contributed by atoms with E-state index in [4.69, 9.17) is 5.73 Å². The average Bonchev–Trinajstić information content (AvgIpc) is 2.86. The molecule has 0 saturated heterocycles. The van der Waals surface area contributed by atoms with Gasteiger partial charge in [-0.25, -0.2) is 4.98 Å². The minimum Gasteiger partial charge on any atom is -0.348 e. The van der Waals surface area contributed by atoms with Crippen molar-refractivity contribution in [1.82, 2.24) is 9.88 Å². The second-order valence-electron chi connectivity index (χ2n) is 4.47. The van der Waals surface area contributed by atoms with Crippen LogP contribution in [0.2, 0.25) is 0 Å². The fraction of sp³-hybridized carbons (Fsp3) is 0.286. The van der Waals surface area contributed by atoms with E-state index in [0.717, 1.165) is 21.8 Å². The van der Waals surface area contributed by atoms with E-state index in [1.165, 1.54) is 0 Å². The maximum absolute atomic E-state index is 11.7. The van der Waals surface area contributed by atoms with Crippen molar-refractivity contribution in [3.05, 3.63) is 40.9 Å². The highest BCUT2D eigenvalue weighted by molar-refractivity contribution is 7.13. The third-order valence-corrected chi connectivity index (χ3v) is 3.77. The normalized spacial score (nSPS) is 10.5. The van der Waals surface area contributed by atoms with E-state index in [1.54, 1.807) is 30.3 Å². The van der Waals surface area contributed by atoms with Crippen LogP contribution in [0.1, 0.15) is 11.3 Å². The van der Waals surface area contributed by atoms with Crippen LogP contribution in [0.15, 0.2) is 29.6 Å². The molecule has 1 aromatic heterocycles. The quantitative estimate of drug-likeness (QED) is 0.927. The highest BCUT2D eigenvalue weighted by Crippen LogP contribution is 2.27. The summed E-state index contributed by atoms with van der Waals surface area (Å²) in [4.78, 5) is 17.8. The summed E-state index contributed by atoms with van der Waals surface area (Å²) in [5.74, 6) is 0.0592. The minimum atomic E-state index is 0.0592. The number of likely N-dealkylation sites (N-methyl/N-ethyl adjacent to an activating group) is 1. The van der Waals surface area contributed by atoms with E-state index in [2.05, 4.69) is 4.98 Å². The first-order chi connectivity index (χ1) is 9.11. The van der Waals surface area contributed by atoms with Crippen LogP contribution in [0.5, 0.6) is 0 Å². The zero-order valence-corrected chi connectivity index (χ0v) is 11.9. The molecule has 4 nitrogen and oxygen atoms in total. The molecule has 0 aliphatic carbocycles. The predicted molar refractivity (Wildman–Crippen MR) is 77.8 cm³/mol. The van der Waals surface area contributed by atoms with Crippen LogP contribution in [0.25, 0.3) is 10.6 Å². The van der Waals surface area contributed by atoms with Crippen molar-refractivity contribution >= 4 is 17.2 Å². The van der Waals surface area contributed by atoms with Crippen LogP contribution in [0, 0.1) is 0 Å². The smallest absolute Gasteiger partial charge is 0.228 e. The summed E-state index contributed by atoms with van der Waals surface area (Å²) in [5, 5.41) is 2.85. The van der Waals surface area contributed by atoms with E-state index >= 15 is 0 Å². The highest BCUT2D eigenvalue weighted by atomic mass is 32.1. The Kier molecular flexibility index (Phi) is 4.29. The van der Waals surface area contributed by atoms with Gasteiger partial charge in [-0.05, 0) is 5.56 Å². The van der Waals surface area contributed by atoms with Crippen molar-refractivity contribution in [3.63, 3.8) is 0 Å². The zero-order valence-electron chi connectivity index (χ0n) is 11.1. The van der Waals surface area contributed by atoms with Crippen LogP contribution >= 0.6 is 11.3 Å². The molecular formula is C14H17N3OS. The van der Waals surface area contributed by atoms with Crippen LogP contribution in [-0.4, -0.2) is 29.9 Å². The first kappa shape index (κ1) is 13.7. The second kappa shape index (κ2) is 5.95. The molecule has 1 heterocycles. The molecule has 2 N–H and O–H groups in total. The molecule has 0 aliphatic rings. The molecule has 0 bridgehead atoms. The van der Waals surface area contributed by atoms with Gasteiger partial charge in [0.05, 0.1) is 12.1 Å². The van der Waals surface area contributed by atoms with Crippen LogP contribution in [0.3, 0.4) is 0 Å². The zero-order chi connectivity index (χ0) is 13.8. The van der Waals surface area contributed by atoms with Crippen LogP contribution < -0.4 is 5.73 Å². The molecule has 2 aromatic rings. The summed E-state index contributed by atoms with van der Waals surface area (Å²) in [6.07, 6.45) is 0.342. The molecule has 0 unspecified atom stereocenters. The first-order valence-corrected chi connectivity index (χ1v) is 6.92. The summed E-state index contributed by atoms with van der Waals surface area (Å²) in [5.41, 5.74) is 8.67. The SMILES string of the molecule is CN(C)C(=O)Cc1csc(-c2ccccc2CN)n1. The van der Waals surface area contributed by atoms with Crippen molar-refractivity contribution in [3.8, 4) is 10.6 Å². The van der Waals surface area contributed by atoms with Gasteiger partial charge in [-0.3, -0.25) is 4.79 Å². The number of carbonyl (C=O) groups excluding carboxylic acids is 1. The number of rotatable bonds is 4. The number of hydrogen-bond acceptors (Lipinski definition) is 4. The molecule has 2 rings (SSSR count). The second-order valence-corrected chi connectivity index (χ2v) is 5.33. The van der Waals surface area contributed by atoms with E-state index in [1.807, 2.05) is 29.6 Å². The maximum Gasteiger partial charge on any atom is 0.228 e. The summed E-state index contributed by atoms with van der Waals surface area (Å²) < 4.78 is 0. The Labute approximate surface area is 116 Å². The Bertz CT molecular complexity index is 578. The minimum absolute atomic E-state index is 0.0592. The number of aromatic nitrogens is 1. The van der Waals surface area contributed by atoms with Gasteiger partial charge < -0.3 is 10.6 Å². The summed E-state index contributed by atoms with van der Waals surface area (Å²) in [6, 6.07) is 7.95. The van der Waals surface area contributed by atoms with Crippen LogP contribution in [-0.2, 0) is 17.8 Å². The molecule has 0 aliphatic heterocycles. The van der Waals surface area contributed by atoms with Gasteiger partial charge in [-0.15, -0.1) is 11.3 Å². The molecule has 19 heavy (non-hydrogen) atoms. The standard InChI is InChI=1S/C14H17N3OS/c1-17(2)13(18)7-11-9-19-14(16-11)12-6-4-3-5-10(12)8-15/h3-6,9H,7-8,15H2,1-2H3. The number of nitrogens with two attached hydrogens (primary N) is 1. The topological polar surface area (TPSA) is 59.2 Å². The largest absolute Gasteiger partial charge is 0.348 e. The number of benzene rings is 1. The molecule has 0 fully saturated rings. The van der Waals surface area contributed by atoms with Gasteiger partial charge in [0, 0.05) is 31.6 Å². The number of nitrogens with zero attached hydrogens (tertiary/aromatic N) is 2. The van der Waals surface area contributed by atoms with Gasteiger partial charge >= 0.3 is 0 Å². The van der Waals surface area contributed by atoms with Crippen molar-refractivity contribution in [2.24, 2.45) is 5.73 Å². The van der Waals surface area contributed by atoms with Gasteiger partial charge in [0.25, 0.3) is 0 Å². The van der Waals surface area contributed by atoms with E-state index in [-0.39, 0.29) is 5.91 Å². The van der Waals surface area contributed by atoms with Crippen molar-refractivity contribution in [1.29, 1.82) is 0 Å². The number of thiazole rings is 1. The van der Waals surface area contributed by atoms with Gasteiger partial charge in [0.2, 0.25) is 5.91 Å². The molecular weight excluding hydrogens is 258 g/mol. The van der Waals surface area contributed by atoms with E-state index in [9.17, 15) is 4.79 Å². The number of carbonyl (C=O) groups is 1. The van der Waals surface area contributed by atoms with Gasteiger partial charge in [-0.1, -0.05) is 24.3 Å². The molecule has 0 saturated carbocycles. The molecule has 0 atom stereocenters. The Morgan fingerprint density at radius 1 is 1.37 bits per heavy atom. The lowest BCUT2D eigenvalue weighted by molar-refractivity contribution is -0.128. The predicted octanol–water partition coefficient (Wildman–Crippen LogP) is 1.90. The maximum atomic E-state index is 11.7. The lowest BCUT2D eigenvalue weighted by atomic mass is 10.1. The molecule has 0 radical (unpaired) electrons. The lowest BCUT2D eigenvalue weighted by Gasteiger charge is -2.08. The molecule has 1 amide bonds. The molecule has 100 valence electrons. The van der Waals surface area contributed by atoms with Crippen molar-refractivity contribution in [2.45, 2.75) is 13.0 Å². The Balaban J connectivity index is 2.23. The van der Waals surface area contributed by atoms with Crippen molar-refractivity contribution < 1.29 is 4.79 Å². The fourth-order valence-corrected chi connectivity index (χ4v) is 2.61. The number of amides is 1. The van der Waals surface area contributed by atoms with Gasteiger partial charge in [0.1, 0.15) is 5.01 Å². The van der Waals surface area contributed by atoms with E-state index < -0.39 is 0 Å². The lowest BCUT2D eigenvalue weighted by Crippen LogP contribution is -2.23. The Morgan fingerprint density at radius 3 is 2.79 bits per heavy atom. The van der Waals surface area contributed by atoms with Gasteiger partial charge in [0.15, 0.2) is 0 Å². The molecule has 1 aromatic carbocycles. The summed E-state index contributed by atoms with van der Waals surface area (Å²) >= 11 is 1.55. The highest BCUT2D eigenvalue weighted by Gasteiger charge is 2.11. The summed E-state index contributed by atoms with van der Waals surface area (Å²) in [6.45, 7) is 0.488. The monoisotopic (exact) mass is 275 g/mol. The third kappa shape index (κ3) is 3.19. The average molecular weight is 275 g/mol. The van der Waals surface area contributed by atoms with Crippen molar-refractivity contribution in [2.75, 3.05) is 14.1 Å². The number of hydrogen-bond donors (Lipinski definition) is 1. The van der Waals surface area contributed by atoms with Crippen LogP contribution in [0.4, 0.5) is 0 Å². The molecule has 0 spiro atoms. The Morgan fingerprint density at radius 2 is 2.11 bits per heavy atom. The first-order valence-electron chi connectivity index (χ1n) is 6.04. The summed E-state index contributed by atoms with van der Waals surface area (Å²) in [7, 11) is 3.50. The Hall–Kier alpha value is -1.72. The van der Waals surface area contributed by atoms with E-state index in [0.29, 0.717) is 13.0 Å².